The number of aryl methyl sites for hydroxylation is 1. The predicted octanol–water partition coefficient (Wildman–Crippen LogP) is 3.66. The van der Waals surface area contributed by atoms with Crippen LogP contribution in [-0.4, -0.2) is 36.3 Å². The largest absolute Gasteiger partial charge is 0.350 e. The first kappa shape index (κ1) is 19.7. The maximum atomic E-state index is 12.7. The molecular formula is C20H30N2O2S. The summed E-state index contributed by atoms with van der Waals surface area (Å²) in [6.45, 7) is 10.5. The van der Waals surface area contributed by atoms with E-state index in [-0.39, 0.29) is 17.9 Å². The summed E-state index contributed by atoms with van der Waals surface area (Å²) in [4.78, 5) is 28.3. The molecule has 0 fully saturated rings. The Morgan fingerprint density at radius 2 is 2.20 bits per heavy atom. The second-order valence-corrected chi connectivity index (χ2v) is 8.62. The number of rotatable bonds is 7. The van der Waals surface area contributed by atoms with E-state index >= 15 is 0 Å². The molecule has 2 amide bonds. The predicted molar refractivity (Wildman–Crippen MR) is 104 cm³/mol. The Balaban J connectivity index is 1.95. The number of nitrogens with one attached hydrogen (secondary N) is 1. The highest BCUT2D eigenvalue weighted by atomic mass is 32.1. The highest BCUT2D eigenvalue weighted by Crippen LogP contribution is 2.32. The lowest BCUT2D eigenvalue weighted by Crippen LogP contribution is -2.40. The molecule has 0 spiro atoms. The van der Waals surface area contributed by atoms with Gasteiger partial charge in [0.1, 0.15) is 0 Å². The Morgan fingerprint density at radius 3 is 2.84 bits per heavy atom. The van der Waals surface area contributed by atoms with E-state index in [4.69, 9.17) is 0 Å². The smallest absolute Gasteiger partial charge is 0.263 e. The molecule has 0 bridgehead atoms. The van der Waals surface area contributed by atoms with Gasteiger partial charge in [0, 0.05) is 24.5 Å². The summed E-state index contributed by atoms with van der Waals surface area (Å²) < 4.78 is 0. The van der Waals surface area contributed by atoms with E-state index in [1.54, 1.807) is 16.2 Å². The number of carbonyl (C=O) groups excluding carboxylic acids is 2. The Kier molecular flexibility index (Phi) is 6.82. The van der Waals surface area contributed by atoms with E-state index in [1.165, 1.54) is 22.9 Å². The monoisotopic (exact) mass is 362 g/mol. The summed E-state index contributed by atoms with van der Waals surface area (Å²) in [7, 11) is 1.84. The SMILES string of the molecule is C=CC(=O)NC(CCN(C)C(=O)c1cc2c(s1)CCC(C)C2)C(C)C. The molecule has 0 saturated carbocycles. The molecule has 1 N–H and O–H groups in total. The second kappa shape index (κ2) is 8.65. The van der Waals surface area contributed by atoms with Crippen LogP contribution in [0.3, 0.4) is 0 Å². The van der Waals surface area contributed by atoms with Crippen LogP contribution in [0.15, 0.2) is 18.7 Å². The Hall–Kier alpha value is -1.62. The first-order chi connectivity index (χ1) is 11.8. The molecule has 4 nitrogen and oxygen atoms in total. The van der Waals surface area contributed by atoms with E-state index in [9.17, 15) is 9.59 Å². The van der Waals surface area contributed by atoms with Crippen LogP contribution < -0.4 is 5.32 Å². The molecule has 0 radical (unpaired) electrons. The van der Waals surface area contributed by atoms with Gasteiger partial charge >= 0.3 is 0 Å². The van der Waals surface area contributed by atoms with Gasteiger partial charge in [-0.15, -0.1) is 11.3 Å². The molecule has 2 unspecified atom stereocenters. The molecule has 25 heavy (non-hydrogen) atoms. The van der Waals surface area contributed by atoms with Crippen LogP contribution in [0, 0.1) is 11.8 Å². The van der Waals surface area contributed by atoms with Crippen molar-refractivity contribution in [3.63, 3.8) is 0 Å². The highest BCUT2D eigenvalue weighted by Gasteiger charge is 2.23. The summed E-state index contributed by atoms with van der Waals surface area (Å²) in [5.41, 5.74) is 1.36. The van der Waals surface area contributed by atoms with Crippen LogP contribution in [0.4, 0.5) is 0 Å². The van der Waals surface area contributed by atoms with Crippen LogP contribution in [0.25, 0.3) is 0 Å². The van der Waals surface area contributed by atoms with Crippen molar-refractivity contribution in [1.82, 2.24) is 10.2 Å². The number of carbonyl (C=O) groups is 2. The third kappa shape index (κ3) is 5.18. The number of hydrogen-bond acceptors (Lipinski definition) is 3. The van der Waals surface area contributed by atoms with Gasteiger partial charge in [-0.2, -0.15) is 0 Å². The van der Waals surface area contributed by atoms with Gasteiger partial charge in [-0.05, 0) is 55.2 Å². The van der Waals surface area contributed by atoms with Crippen molar-refractivity contribution in [2.75, 3.05) is 13.6 Å². The molecule has 1 aromatic heterocycles. The molecule has 5 heteroatoms. The number of amides is 2. The van der Waals surface area contributed by atoms with Gasteiger partial charge in [0.15, 0.2) is 0 Å². The standard InChI is InChI=1S/C20H30N2O2S/c1-6-19(23)21-16(13(2)3)9-10-22(5)20(24)18-12-15-11-14(4)7-8-17(15)25-18/h6,12-14,16H,1,7-11H2,2-5H3,(H,21,23). The van der Waals surface area contributed by atoms with Gasteiger partial charge in [-0.25, -0.2) is 0 Å². The number of nitrogens with zero attached hydrogens (tertiary/aromatic N) is 1. The van der Waals surface area contributed by atoms with Crippen LogP contribution in [-0.2, 0) is 17.6 Å². The molecule has 1 aliphatic rings. The quantitative estimate of drug-likeness (QED) is 0.753. The summed E-state index contributed by atoms with van der Waals surface area (Å²) >= 11 is 1.65. The minimum Gasteiger partial charge on any atom is -0.350 e. The van der Waals surface area contributed by atoms with Crippen LogP contribution in [0.2, 0.25) is 0 Å². The summed E-state index contributed by atoms with van der Waals surface area (Å²) in [6.07, 6.45) is 5.44. The fourth-order valence-corrected chi connectivity index (χ4v) is 4.45. The van der Waals surface area contributed by atoms with E-state index in [0.29, 0.717) is 18.4 Å². The van der Waals surface area contributed by atoms with Crippen molar-refractivity contribution in [3.8, 4) is 0 Å². The molecule has 1 aliphatic carbocycles. The summed E-state index contributed by atoms with van der Waals surface area (Å²) in [6, 6.07) is 2.13. The zero-order chi connectivity index (χ0) is 18.6. The maximum absolute atomic E-state index is 12.7. The highest BCUT2D eigenvalue weighted by molar-refractivity contribution is 7.14. The molecule has 138 valence electrons. The van der Waals surface area contributed by atoms with Gasteiger partial charge in [0.05, 0.1) is 4.88 Å². The van der Waals surface area contributed by atoms with E-state index in [1.807, 2.05) is 7.05 Å². The van der Waals surface area contributed by atoms with Gasteiger partial charge in [-0.1, -0.05) is 27.4 Å². The number of thiophene rings is 1. The van der Waals surface area contributed by atoms with E-state index in [2.05, 4.69) is 38.7 Å². The molecule has 0 aliphatic heterocycles. The normalized spacial score (nSPS) is 17.7. The Labute approximate surface area is 155 Å². The Bertz CT molecular complexity index is 636. The molecule has 0 saturated heterocycles. The third-order valence-corrected chi connectivity index (χ3v) is 6.21. The molecule has 1 aromatic rings. The average molecular weight is 363 g/mol. The van der Waals surface area contributed by atoms with Gasteiger partial charge < -0.3 is 10.2 Å². The van der Waals surface area contributed by atoms with Crippen molar-refractivity contribution in [3.05, 3.63) is 34.0 Å². The summed E-state index contributed by atoms with van der Waals surface area (Å²) in [5.74, 6) is 0.948. The lowest BCUT2D eigenvalue weighted by atomic mass is 9.90. The van der Waals surface area contributed by atoms with Gasteiger partial charge in [0.2, 0.25) is 5.91 Å². The zero-order valence-electron chi connectivity index (χ0n) is 15.8. The second-order valence-electron chi connectivity index (χ2n) is 7.49. The van der Waals surface area contributed by atoms with Gasteiger partial charge in [-0.3, -0.25) is 9.59 Å². The van der Waals surface area contributed by atoms with E-state index < -0.39 is 0 Å². The minimum atomic E-state index is -0.160. The molecular weight excluding hydrogens is 332 g/mol. The Morgan fingerprint density at radius 1 is 1.48 bits per heavy atom. The van der Waals surface area contributed by atoms with Crippen molar-refractivity contribution in [2.24, 2.45) is 11.8 Å². The topological polar surface area (TPSA) is 49.4 Å². The molecule has 0 aromatic carbocycles. The lowest BCUT2D eigenvalue weighted by Gasteiger charge is -2.25. The van der Waals surface area contributed by atoms with Crippen molar-refractivity contribution in [1.29, 1.82) is 0 Å². The van der Waals surface area contributed by atoms with Crippen LogP contribution in [0.5, 0.6) is 0 Å². The summed E-state index contributed by atoms with van der Waals surface area (Å²) in [5, 5.41) is 2.95. The van der Waals surface area contributed by atoms with Crippen molar-refractivity contribution in [2.45, 2.75) is 52.5 Å². The average Bonchev–Trinajstić information content (AvgIpc) is 2.99. The molecule has 2 atom stereocenters. The van der Waals surface area contributed by atoms with Crippen molar-refractivity contribution >= 4 is 23.2 Å². The fourth-order valence-electron chi connectivity index (χ4n) is 3.25. The van der Waals surface area contributed by atoms with E-state index in [0.717, 1.165) is 24.1 Å². The maximum Gasteiger partial charge on any atom is 0.263 e. The number of hydrogen-bond donors (Lipinski definition) is 1. The van der Waals surface area contributed by atoms with Gasteiger partial charge in [0.25, 0.3) is 5.91 Å². The lowest BCUT2D eigenvalue weighted by molar-refractivity contribution is -0.117. The number of fused-ring (bicyclic) bond motifs is 1. The third-order valence-electron chi connectivity index (χ3n) is 4.98. The first-order valence-corrected chi connectivity index (χ1v) is 9.93. The fraction of sp³-hybridized carbons (Fsp3) is 0.600. The van der Waals surface area contributed by atoms with Crippen LogP contribution in [0.1, 0.15) is 53.7 Å². The zero-order valence-corrected chi connectivity index (χ0v) is 16.6. The molecule has 1 heterocycles. The van der Waals surface area contributed by atoms with Crippen LogP contribution >= 0.6 is 11.3 Å². The van der Waals surface area contributed by atoms with Crippen molar-refractivity contribution < 1.29 is 9.59 Å². The minimum absolute atomic E-state index is 0.0399. The first-order valence-electron chi connectivity index (χ1n) is 9.11. The molecule has 2 rings (SSSR count).